The average Bonchev–Trinajstić information content (AvgIpc) is 3.77. The number of hydrogen-bond donors (Lipinski definition) is 0. The summed E-state index contributed by atoms with van der Waals surface area (Å²) in [5.74, 6) is 0. The fourth-order valence-electron chi connectivity index (χ4n) is 7.15. The summed E-state index contributed by atoms with van der Waals surface area (Å²) in [6.07, 6.45) is 0. The molecule has 0 N–H and O–H groups in total. The molecule has 0 atom stereocenters. The molecule has 3 heterocycles. The van der Waals surface area contributed by atoms with Gasteiger partial charge in [0.15, 0.2) is 0 Å². The number of rotatable bonds is 3. The van der Waals surface area contributed by atoms with Crippen LogP contribution in [0.3, 0.4) is 0 Å². The van der Waals surface area contributed by atoms with Gasteiger partial charge in [0.05, 0.1) is 21.4 Å². The smallest absolute Gasteiger partial charge is 0.136 e. The number of para-hydroxylation sites is 3. The Morgan fingerprint density at radius 2 is 1.07 bits per heavy atom. The van der Waals surface area contributed by atoms with Crippen molar-refractivity contribution in [3.05, 3.63) is 152 Å². The van der Waals surface area contributed by atoms with Crippen LogP contribution < -0.4 is 0 Å². The van der Waals surface area contributed by atoms with E-state index >= 15 is 0 Å². The van der Waals surface area contributed by atoms with E-state index in [-0.39, 0.29) is 0 Å². The van der Waals surface area contributed by atoms with Crippen molar-refractivity contribution in [2.24, 2.45) is 0 Å². The summed E-state index contributed by atoms with van der Waals surface area (Å²) in [6.45, 7) is 0. The normalized spacial score (nSPS) is 12.0. The molecule has 0 unspecified atom stereocenters. The first-order valence-electron chi connectivity index (χ1n) is 15.3. The average molecular weight is 592 g/mol. The number of hydrogen-bond acceptors (Lipinski definition) is 2. The molecule has 3 heteroatoms. The van der Waals surface area contributed by atoms with Crippen LogP contribution in [0.5, 0.6) is 0 Å². The maximum Gasteiger partial charge on any atom is 0.136 e. The molecule has 0 aliphatic carbocycles. The second-order valence-electron chi connectivity index (χ2n) is 11.7. The summed E-state index contributed by atoms with van der Waals surface area (Å²) < 4.78 is 11.3. The van der Waals surface area contributed by atoms with Crippen molar-refractivity contribution in [2.45, 2.75) is 0 Å². The van der Waals surface area contributed by atoms with Crippen molar-refractivity contribution in [1.82, 2.24) is 4.57 Å². The summed E-state index contributed by atoms with van der Waals surface area (Å²) in [4.78, 5) is 0. The minimum atomic E-state index is 0.916. The molecule has 45 heavy (non-hydrogen) atoms. The molecule has 0 amide bonds. The van der Waals surface area contributed by atoms with Crippen LogP contribution in [0.25, 0.3) is 91.9 Å². The quantitative estimate of drug-likeness (QED) is 0.200. The Kier molecular flexibility index (Phi) is 5.19. The van der Waals surface area contributed by atoms with Crippen LogP contribution >= 0.6 is 11.3 Å². The molecule has 210 valence electrons. The first-order valence-corrected chi connectivity index (χ1v) is 16.1. The molecule has 0 spiro atoms. The molecular formula is C42H25NOS. The molecule has 10 aromatic rings. The lowest BCUT2D eigenvalue weighted by atomic mass is 9.95. The number of aromatic nitrogens is 1. The summed E-state index contributed by atoms with van der Waals surface area (Å²) in [7, 11) is 0. The molecule has 0 aliphatic heterocycles. The highest BCUT2D eigenvalue weighted by Gasteiger charge is 2.19. The minimum absolute atomic E-state index is 0.916. The van der Waals surface area contributed by atoms with Crippen molar-refractivity contribution in [1.29, 1.82) is 0 Å². The number of thiophene rings is 1. The Labute approximate surface area is 263 Å². The number of nitrogens with zero attached hydrogens (tertiary/aromatic N) is 1. The second-order valence-corrected chi connectivity index (χ2v) is 12.7. The van der Waals surface area contributed by atoms with Crippen LogP contribution in [0.2, 0.25) is 0 Å². The first kappa shape index (κ1) is 24.8. The Balaban J connectivity index is 1.27. The van der Waals surface area contributed by atoms with Gasteiger partial charge in [0.1, 0.15) is 11.2 Å². The lowest BCUT2D eigenvalue weighted by molar-refractivity contribution is 0.669. The fraction of sp³-hybridized carbons (Fsp3) is 0. The van der Waals surface area contributed by atoms with Crippen molar-refractivity contribution < 1.29 is 4.42 Å². The Morgan fingerprint density at radius 1 is 0.400 bits per heavy atom. The largest absolute Gasteiger partial charge is 0.456 e. The van der Waals surface area contributed by atoms with Crippen molar-refractivity contribution in [3.8, 4) is 27.9 Å². The topological polar surface area (TPSA) is 18.1 Å². The van der Waals surface area contributed by atoms with Crippen LogP contribution in [-0.4, -0.2) is 4.57 Å². The lowest BCUT2D eigenvalue weighted by Gasteiger charge is -2.09. The van der Waals surface area contributed by atoms with Gasteiger partial charge < -0.3 is 8.98 Å². The standard InChI is InChI=1S/C42H25NOS/c1-2-11-26(12-3-1)34-23-28(27-21-22-32-31-15-6-9-20-39(31)44-40(32)25-27)24-35-33-16-10-19-38(42(33)45-41(34)35)43-36-17-7-4-13-29(36)30-14-5-8-18-37(30)43/h1-25H. The Morgan fingerprint density at radius 3 is 1.87 bits per heavy atom. The molecule has 2 nitrogen and oxygen atoms in total. The van der Waals surface area contributed by atoms with Crippen LogP contribution in [0, 0.1) is 0 Å². The molecule has 10 rings (SSSR count). The first-order chi connectivity index (χ1) is 22.3. The van der Waals surface area contributed by atoms with Gasteiger partial charge in [0, 0.05) is 42.6 Å². The Bertz CT molecular complexity index is 2710. The lowest BCUT2D eigenvalue weighted by Crippen LogP contribution is -1.93. The van der Waals surface area contributed by atoms with Crippen LogP contribution in [0.4, 0.5) is 0 Å². The molecule has 3 aromatic heterocycles. The molecular weight excluding hydrogens is 567 g/mol. The Hall–Kier alpha value is -5.64. The van der Waals surface area contributed by atoms with Crippen molar-refractivity contribution in [2.75, 3.05) is 0 Å². The highest BCUT2D eigenvalue weighted by molar-refractivity contribution is 7.26. The third-order valence-corrected chi connectivity index (χ3v) is 10.5. The predicted molar refractivity (Wildman–Crippen MR) is 192 cm³/mol. The van der Waals surface area contributed by atoms with Gasteiger partial charge in [-0.25, -0.2) is 0 Å². The van der Waals surface area contributed by atoms with Crippen LogP contribution in [0.1, 0.15) is 0 Å². The van der Waals surface area contributed by atoms with E-state index in [1.54, 1.807) is 0 Å². The highest BCUT2D eigenvalue weighted by Crippen LogP contribution is 2.46. The van der Waals surface area contributed by atoms with Gasteiger partial charge in [-0.15, -0.1) is 11.3 Å². The van der Waals surface area contributed by atoms with Gasteiger partial charge in [-0.2, -0.15) is 0 Å². The third kappa shape index (κ3) is 3.62. The van der Waals surface area contributed by atoms with E-state index in [1.807, 2.05) is 23.5 Å². The predicted octanol–water partition coefficient (Wildman–Crippen LogP) is 12.4. The molecule has 0 fully saturated rings. The van der Waals surface area contributed by atoms with Gasteiger partial charge in [-0.3, -0.25) is 0 Å². The number of fused-ring (bicyclic) bond motifs is 9. The molecule has 0 radical (unpaired) electrons. The van der Waals surface area contributed by atoms with E-state index in [0.29, 0.717) is 0 Å². The van der Waals surface area contributed by atoms with E-state index in [4.69, 9.17) is 4.42 Å². The van der Waals surface area contributed by atoms with E-state index < -0.39 is 0 Å². The summed E-state index contributed by atoms with van der Waals surface area (Å²) in [5.41, 5.74) is 10.3. The monoisotopic (exact) mass is 591 g/mol. The SMILES string of the molecule is c1ccc(-c2cc(-c3ccc4c(c3)oc3ccccc34)cc3c2sc2c(-n4c5ccccc5c5ccccc54)cccc23)cc1. The summed E-state index contributed by atoms with van der Waals surface area (Å²) in [6, 6.07) is 54.7. The molecule has 7 aromatic carbocycles. The number of furan rings is 1. The zero-order valence-electron chi connectivity index (χ0n) is 24.2. The summed E-state index contributed by atoms with van der Waals surface area (Å²) >= 11 is 1.90. The third-order valence-electron chi connectivity index (χ3n) is 9.20. The zero-order valence-corrected chi connectivity index (χ0v) is 25.0. The highest BCUT2D eigenvalue weighted by atomic mass is 32.1. The maximum atomic E-state index is 6.30. The van der Waals surface area contributed by atoms with Gasteiger partial charge >= 0.3 is 0 Å². The zero-order chi connectivity index (χ0) is 29.5. The molecule has 0 saturated heterocycles. The minimum Gasteiger partial charge on any atom is -0.456 e. The van der Waals surface area contributed by atoms with Gasteiger partial charge in [0.2, 0.25) is 0 Å². The summed E-state index contributed by atoms with van der Waals surface area (Å²) in [5, 5.41) is 7.41. The molecule has 0 bridgehead atoms. The van der Waals surface area contributed by atoms with Gasteiger partial charge in [-0.1, -0.05) is 103 Å². The van der Waals surface area contributed by atoms with E-state index in [9.17, 15) is 0 Å². The van der Waals surface area contributed by atoms with Crippen molar-refractivity contribution in [3.63, 3.8) is 0 Å². The van der Waals surface area contributed by atoms with E-state index in [2.05, 4.69) is 144 Å². The fourth-order valence-corrected chi connectivity index (χ4v) is 8.47. The maximum absolute atomic E-state index is 6.30. The number of benzene rings is 7. The second kappa shape index (κ2) is 9.43. The van der Waals surface area contributed by atoms with Crippen molar-refractivity contribution >= 4 is 75.3 Å². The van der Waals surface area contributed by atoms with E-state index in [0.717, 1.165) is 27.5 Å². The molecule has 0 aliphatic rings. The van der Waals surface area contributed by atoms with Crippen LogP contribution in [0.15, 0.2) is 156 Å². The molecule has 0 saturated carbocycles. The van der Waals surface area contributed by atoms with E-state index in [1.165, 1.54) is 64.4 Å². The van der Waals surface area contributed by atoms with Crippen LogP contribution in [-0.2, 0) is 0 Å². The van der Waals surface area contributed by atoms with Gasteiger partial charge in [0.25, 0.3) is 0 Å². The van der Waals surface area contributed by atoms with Gasteiger partial charge in [-0.05, 0) is 65.2 Å².